The molecule has 0 N–H and O–H groups in total. The fraction of sp³-hybridized carbons (Fsp3) is 0.200. The highest BCUT2D eigenvalue weighted by Crippen LogP contribution is 2.38. The molecule has 0 atom stereocenters. The number of benzene rings is 1. The molecule has 1 rings (SSSR count). The van der Waals surface area contributed by atoms with E-state index >= 15 is 0 Å². The molecule has 0 unspecified atom stereocenters. The van der Waals surface area contributed by atoms with Gasteiger partial charge in [-0.15, -0.1) is 0 Å². The third-order valence-corrected chi connectivity index (χ3v) is 1.71. The van der Waals surface area contributed by atoms with Gasteiger partial charge in [-0.2, -0.15) is 22.0 Å². The van der Waals surface area contributed by atoms with Gasteiger partial charge in [0.2, 0.25) is 0 Å². The lowest BCUT2D eigenvalue weighted by Crippen LogP contribution is -2.42. The summed E-state index contributed by atoms with van der Waals surface area (Å²) in [6.45, 7) is 3.28. The van der Waals surface area contributed by atoms with E-state index in [4.69, 9.17) is 0 Å². The molecular formula is C10H7F5O. The Bertz CT molecular complexity index is 383. The van der Waals surface area contributed by atoms with Crippen LogP contribution in [0.5, 0.6) is 5.75 Å². The van der Waals surface area contributed by atoms with E-state index in [1.165, 1.54) is 18.2 Å². The summed E-state index contributed by atoms with van der Waals surface area (Å²) in [5.41, 5.74) is 0.0615. The standard InChI is InChI=1S/C10H7F5O/c1-2-7-5-3-4-6-8(7)16-10(14,15)9(11,12)13/h2-6H,1H2. The molecule has 6 heteroatoms. The van der Waals surface area contributed by atoms with Gasteiger partial charge >= 0.3 is 12.3 Å². The Morgan fingerprint density at radius 2 is 1.62 bits per heavy atom. The number of ether oxygens (including phenoxy) is 1. The van der Waals surface area contributed by atoms with E-state index in [1.54, 1.807) is 0 Å². The van der Waals surface area contributed by atoms with Crippen molar-refractivity contribution < 1.29 is 26.7 Å². The van der Waals surface area contributed by atoms with Crippen LogP contribution < -0.4 is 4.74 Å². The van der Waals surface area contributed by atoms with E-state index in [1.807, 2.05) is 0 Å². The number of rotatable bonds is 3. The van der Waals surface area contributed by atoms with Gasteiger partial charge in [-0.1, -0.05) is 30.9 Å². The average Bonchev–Trinajstić information content (AvgIpc) is 2.16. The smallest absolute Gasteiger partial charge is 0.425 e. The molecule has 1 aromatic carbocycles. The molecule has 0 spiro atoms. The average molecular weight is 238 g/mol. The van der Waals surface area contributed by atoms with Gasteiger partial charge in [0.25, 0.3) is 0 Å². The zero-order valence-electron chi connectivity index (χ0n) is 7.89. The third-order valence-electron chi connectivity index (χ3n) is 1.71. The number of halogens is 5. The van der Waals surface area contributed by atoms with Crippen molar-refractivity contribution in [3.63, 3.8) is 0 Å². The van der Waals surface area contributed by atoms with Gasteiger partial charge in [-0.3, -0.25) is 0 Å². The maximum atomic E-state index is 12.6. The molecular weight excluding hydrogens is 231 g/mol. The van der Waals surface area contributed by atoms with Crippen molar-refractivity contribution in [2.75, 3.05) is 0 Å². The summed E-state index contributed by atoms with van der Waals surface area (Å²) in [6.07, 6.45) is -9.84. The first-order valence-corrected chi connectivity index (χ1v) is 4.13. The summed E-state index contributed by atoms with van der Waals surface area (Å²) in [5, 5.41) is 0. The van der Waals surface area contributed by atoms with Crippen LogP contribution in [-0.4, -0.2) is 12.3 Å². The van der Waals surface area contributed by atoms with E-state index in [0.29, 0.717) is 0 Å². The molecule has 1 nitrogen and oxygen atoms in total. The minimum atomic E-state index is -5.75. The predicted molar refractivity (Wildman–Crippen MR) is 48.2 cm³/mol. The van der Waals surface area contributed by atoms with E-state index in [9.17, 15) is 22.0 Å². The lowest BCUT2D eigenvalue weighted by atomic mass is 10.2. The molecule has 16 heavy (non-hydrogen) atoms. The summed E-state index contributed by atoms with van der Waals surface area (Å²) in [4.78, 5) is 0. The topological polar surface area (TPSA) is 9.23 Å². The lowest BCUT2D eigenvalue weighted by Gasteiger charge is -2.21. The monoisotopic (exact) mass is 238 g/mol. The molecule has 0 heterocycles. The molecule has 0 fully saturated rings. The molecule has 0 saturated heterocycles. The molecule has 0 saturated carbocycles. The Labute approximate surface area is 88.1 Å². The van der Waals surface area contributed by atoms with Crippen molar-refractivity contribution in [3.05, 3.63) is 36.4 Å². The highest BCUT2D eigenvalue weighted by Gasteiger charge is 2.61. The minimum absolute atomic E-state index is 0.0615. The molecule has 1 aromatic rings. The Hall–Kier alpha value is -1.59. The maximum Gasteiger partial charge on any atom is 0.499 e. The fourth-order valence-corrected chi connectivity index (χ4v) is 0.938. The number of para-hydroxylation sites is 1. The van der Waals surface area contributed by atoms with Crippen LogP contribution in [0.1, 0.15) is 5.56 Å². The van der Waals surface area contributed by atoms with Gasteiger partial charge in [0, 0.05) is 5.56 Å². The first-order chi connectivity index (χ1) is 7.28. The summed E-state index contributed by atoms with van der Waals surface area (Å²) < 4.78 is 64.3. The SMILES string of the molecule is C=Cc1ccccc1OC(F)(F)C(F)(F)F. The van der Waals surface area contributed by atoms with Crippen LogP contribution in [0.15, 0.2) is 30.8 Å². The summed E-state index contributed by atoms with van der Waals surface area (Å²) in [6, 6.07) is 5.08. The molecule has 0 amide bonds. The van der Waals surface area contributed by atoms with Crippen LogP contribution >= 0.6 is 0 Å². The zero-order chi connectivity index (χ0) is 12.4. The first-order valence-electron chi connectivity index (χ1n) is 4.13. The molecule has 0 aromatic heterocycles. The van der Waals surface area contributed by atoms with Gasteiger partial charge in [0.15, 0.2) is 0 Å². The Morgan fingerprint density at radius 3 is 2.12 bits per heavy atom. The van der Waals surface area contributed by atoms with Crippen LogP contribution in [-0.2, 0) is 0 Å². The zero-order valence-corrected chi connectivity index (χ0v) is 7.89. The number of alkyl halides is 5. The highest BCUT2D eigenvalue weighted by molar-refractivity contribution is 5.55. The van der Waals surface area contributed by atoms with E-state index in [0.717, 1.165) is 12.1 Å². The van der Waals surface area contributed by atoms with Gasteiger partial charge in [0.05, 0.1) is 0 Å². The van der Waals surface area contributed by atoms with Crippen molar-refractivity contribution in [1.82, 2.24) is 0 Å². The summed E-state index contributed by atoms with van der Waals surface area (Å²) in [7, 11) is 0. The van der Waals surface area contributed by atoms with Gasteiger partial charge in [-0.05, 0) is 6.07 Å². The molecule has 0 aliphatic carbocycles. The van der Waals surface area contributed by atoms with Crippen molar-refractivity contribution >= 4 is 6.08 Å². The maximum absolute atomic E-state index is 12.6. The molecule has 88 valence electrons. The minimum Gasteiger partial charge on any atom is -0.425 e. The van der Waals surface area contributed by atoms with E-state index < -0.39 is 18.0 Å². The van der Waals surface area contributed by atoms with Crippen molar-refractivity contribution in [2.45, 2.75) is 12.3 Å². The van der Waals surface area contributed by atoms with Gasteiger partial charge in [0.1, 0.15) is 5.75 Å². The predicted octanol–water partition coefficient (Wildman–Crippen LogP) is 3.86. The second-order valence-electron chi connectivity index (χ2n) is 2.86. The molecule has 0 radical (unpaired) electrons. The van der Waals surface area contributed by atoms with E-state index in [-0.39, 0.29) is 5.56 Å². The largest absolute Gasteiger partial charge is 0.499 e. The number of hydrogen-bond donors (Lipinski definition) is 0. The summed E-state index contributed by atoms with van der Waals surface area (Å²) in [5.74, 6) is -0.570. The van der Waals surface area contributed by atoms with Crippen molar-refractivity contribution in [3.8, 4) is 5.75 Å². The molecule has 0 aliphatic heterocycles. The Morgan fingerprint density at radius 1 is 1.06 bits per heavy atom. The van der Waals surface area contributed by atoms with Crippen LogP contribution in [0.3, 0.4) is 0 Å². The highest BCUT2D eigenvalue weighted by atomic mass is 19.4. The van der Waals surface area contributed by atoms with Crippen LogP contribution in [0.25, 0.3) is 6.08 Å². The van der Waals surface area contributed by atoms with Crippen LogP contribution in [0, 0.1) is 0 Å². The fourth-order valence-electron chi connectivity index (χ4n) is 0.938. The quantitative estimate of drug-likeness (QED) is 0.726. The Kier molecular flexibility index (Phi) is 3.21. The van der Waals surface area contributed by atoms with Crippen LogP contribution in [0.2, 0.25) is 0 Å². The Balaban J connectivity index is 3.01. The van der Waals surface area contributed by atoms with Gasteiger partial charge < -0.3 is 4.74 Å². The summed E-state index contributed by atoms with van der Waals surface area (Å²) >= 11 is 0. The van der Waals surface area contributed by atoms with Crippen molar-refractivity contribution in [1.29, 1.82) is 0 Å². The number of hydrogen-bond acceptors (Lipinski definition) is 1. The second-order valence-corrected chi connectivity index (χ2v) is 2.86. The van der Waals surface area contributed by atoms with Crippen LogP contribution in [0.4, 0.5) is 22.0 Å². The van der Waals surface area contributed by atoms with Gasteiger partial charge in [-0.25, -0.2) is 0 Å². The van der Waals surface area contributed by atoms with Crippen molar-refractivity contribution in [2.24, 2.45) is 0 Å². The molecule has 0 aliphatic rings. The normalized spacial score (nSPS) is 12.3. The lowest BCUT2D eigenvalue weighted by molar-refractivity contribution is -0.360. The van der Waals surface area contributed by atoms with E-state index in [2.05, 4.69) is 11.3 Å². The first kappa shape index (κ1) is 12.5. The second kappa shape index (κ2) is 4.11. The molecule has 0 bridgehead atoms. The third kappa shape index (κ3) is 2.50.